The van der Waals surface area contributed by atoms with Gasteiger partial charge in [0, 0.05) is 21.3 Å². The number of hydrogen-bond donors (Lipinski definition) is 1. The number of para-hydroxylation sites is 1. The van der Waals surface area contributed by atoms with Crippen molar-refractivity contribution in [2.24, 2.45) is 0 Å². The first-order valence-electron chi connectivity index (χ1n) is 10.3. The topological polar surface area (TPSA) is 55.1 Å². The summed E-state index contributed by atoms with van der Waals surface area (Å²) in [5, 5.41) is 3.14. The van der Waals surface area contributed by atoms with Crippen molar-refractivity contribution in [1.29, 1.82) is 0 Å². The van der Waals surface area contributed by atoms with Crippen LogP contribution in [-0.4, -0.2) is 10.9 Å². The SMILES string of the molecule is CCc1cccc(CC)c1NC(=O)c1ccccc1-c1ncc(-c2ccc(Br)cc2)o1. The van der Waals surface area contributed by atoms with E-state index in [1.807, 2.05) is 48.5 Å². The molecule has 0 aliphatic carbocycles. The van der Waals surface area contributed by atoms with Gasteiger partial charge in [0.05, 0.1) is 11.8 Å². The van der Waals surface area contributed by atoms with Crippen molar-refractivity contribution in [1.82, 2.24) is 4.98 Å². The lowest BCUT2D eigenvalue weighted by Crippen LogP contribution is -2.16. The average molecular weight is 475 g/mol. The second-order valence-corrected chi connectivity index (χ2v) is 8.11. The Hall–Kier alpha value is -3.18. The molecule has 156 valence electrons. The molecule has 0 unspecified atom stereocenters. The molecule has 4 nitrogen and oxygen atoms in total. The summed E-state index contributed by atoms with van der Waals surface area (Å²) in [4.78, 5) is 17.7. The maximum atomic E-state index is 13.3. The lowest BCUT2D eigenvalue weighted by Gasteiger charge is -2.15. The molecule has 0 aliphatic heterocycles. The van der Waals surface area contributed by atoms with Gasteiger partial charge in [-0.2, -0.15) is 0 Å². The molecule has 5 heteroatoms. The number of rotatable bonds is 6. The summed E-state index contributed by atoms with van der Waals surface area (Å²) >= 11 is 3.44. The molecule has 3 aromatic carbocycles. The number of nitrogens with zero attached hydrogens (tertiary/aromatic N) is 1. The van der Waals surface area contributed by atoms with Crippen LogP contribution in [0.25, 0.3) is 22.8 Å². The lowest BCUT2D eigenvalue weighted by molar-refractivity contribution is 0.102. The van der Waals surface area contributed by atoms with Crippen LogP contribution >= 0.6 is 15.9 Å². The summed E-state index contributed by atoms with van der Waals surface area (Å²) in [6.45, 7) is 4.18. The Bertz CT molecular complexity index is 1190. The van der Waals surface area contributed by atoms with Gasteiger partial charge in [-0.25, -0.2) is 4.98 Å². The Morgan fingerprint density at radius 3 is 2.29 bits per heavy atom. The van der Waals surface area contributed by atoms with Crippen molar-refractivity contribution in [2.75, 3.05) is 5.32 Å². The van der Waals surface area contributed by atoms with Gasteiger partial charge in [0.15, 0.2) is 5.76 Å². The fourth-order valence-electron chi connectivity index (χ4n) is 3.60. The monoisotopic (exact) mass is 474 g/mol. The molecule has 0 atom stereocenters. The third-order valence-corrected chi connectivity index (χ3v) is 5.80. The molecule has 0 saturated carbocycles. The predicted molar refractivity (Wildman–Crippen MR) is 128 cm³/mol. The van der Waals surface area contributed by atoms with E-state index in [1.54, 1.807) is 12.3 Å². The van der Waals surface area contributed by atoms with Crippen LogP contribution in [0.15, 0.2) is 81.8 Å². The predicted octanol–water partition coefficient (Wildman–Crippen LogP) is 7.15. The summed E-state index contributed by atoms with van der Waals surface area (Å²) < 4.78 is 7.02. The van der Waals surface area contributed by atoms with Crippen molar-refractivity contribution in [2.45, 2.75) is 26.7 Å². The molecule has 1 heterocycles. The molecule has 1 N–H and O–H groups in total. The smallest absolute Gasteiger partial charge is 0.256 e. The fourth-order valence-corrected chi connectivity index (χ4v) is 3.86. The standard InChI is InChI=1S/C26H23BrN2O2/c1-3-17-8-7-9-18(4-2)24(17)29-25(30)21-10-5-6-11-22(21)26-28-16-23(31-26)19-12-14-20(27)15-13-19/h5-16H,3-4H2,1-2H3,(H,29,30). The quantitative estimate of drug-likeness (QED) is 0.322. The van der Waals surface area contributed by atoms with Crippen molar-refractivity contribution in [3.8, 4) is 22.8 Å². The summed E-state index contributed by atoms with van der Waals surface area (Å²) in [5.41, 5.74) is 5.26. The van der Waals surface area contributed by atoms with Crippen LogP contribution < -0.4 is 5.32 Å². The van der Waals surface area contributed by atoms with Crippen LogP contribution in [0.1, 0.15) is 35.3 Å². The fraction of sp³-hybridized carbons (Fsp3) is 0.154. The maximum Gasteiger partial charge on any atom is 0.256 e. The van der Waals surface area contributed by atoms with Crippen molar-refractivity contribution >= 4 is 27.5 Å². The van der Waals surface area contributed by atoms with E-state index in [-0.39, 0.29) is 5.91 Å². The molecule has 0 radical (unpaired) electrons. The van der Waals surface area contributed by atoms with Crippen LogP contribution in [0.3, 0.4) is 0 Å². The molecule has 0 spiro atoms. The van der Waals surface area contributed by atoms with Gasteiger partial charge in [-0.05, 0) is 48.2 Å². The van der Waals surface area contributed by atoms with Crippen molar-refractivity contribution < 1.29 is 9.21 Å². The summed E-state index contributed by atoms with van der Waals surface area (Å²) in [5.74, 6) is 0.903. The number of carbonyl (C=O) groups excluding carboxylic acids is 1. The highest BCUT2D eigenvalue weighted by molar-refractivity contribution is 9.10. The van der Waals surface area contributed by atoms with E-state index in [1.165, 1.54) is 0 Å². The van der Waals surface area contributed by atoms with E-state index >= 15 is 0 Å². The Kier molecular flexibility index (Phi) is 6.33. The summed E-state index contributed by atoms with van der Waals surface area (Å²) in [6.07, 6.45) is 3.39. The van der Waals surface area contributed by atoms with Gasteiger partial charge in [-0.15, -0.1) is 0 Å². The van der Waals surface area contributed by atoms with Crippen LogP contribution in [-0.2, 0) is 12.8 Å². The normalized spacial score (nSPS) is 10.8. The minimum Gasteiger partial charge on any atom is -0.436 e. The molecule has 31 heavy (non-hydrogen) atoms. The molecule has 1 aromatic heterocycles. The van der Waals surface area contributed by atoms with Gasteiger partial charge in [0.1, 0.15) is 0 Å². The number of aryl methyl sites for hydroxylation is 2. The molecule has 0 fully saturated rings. The third kappa shape index (κ3) is 4.47. The van der Waals surface area contributed by atoms with Crippen molar-refractivity contribution in [3.63, 3.8) is 0 Å². The first-order valence-corrected chi connectivity index (χ1v) is 11.1. The number of carbonyl (C=O) groups is 1. The van der Waals surface area contributed by atoms with Gasteiger partial charge in [-0.3, -0.25) is 4.79 Å². The molecular weight excluding hydrogens is 452 g/mol. The van der Waals surface area contributed by atoms with Gasteiger partial charge < -0.3 is 9.73 Å². The highest BCUT2D eigenvalue weighted by atomic mass is 79.9. The Morgan fingerprint density at radius 2 is 1.61 bits per heavy atom. The Balaban J connectivity index is 1.67. The van der Waals surface area contributed by atoms with E-state index in [0.717, 1.165) is 39.7 Å². The Labute approximate surface area is 190 Å². The minimum atomic E-state index is -0.172. The molecule has 0 bridgehead atoms. The molecule has 0 aliphatic rings. The molecule has 4 rings (SSSR count). The molecular formula is C26H23BrN2O2. The van der Waals surface area contributed by atoms with E-state index in [2.05, 4.69) is 52.2 Å². The zero-order chi connectivity index (χ0) is 21.8. The van der Waals surface area contributed by atoms with Gasteiger partial charge >= 0.3 is 0 Å². The van der Waals surface area contributed by atoms with E-state index < -0.39 is 0 Å². The first kappa shape index (κ1) is 21.1. The number of aromatic nitrogens is 1. The highest BCUT2D eigenvalue weighted by Crippen LogP contribution is 2.30. The number of amides is 1. The number of benzene rings is 3. The first-order chi connectivity index (χ1) is 15.1. The number of halogens is 1. The number of nitrogens with one attached hydrogen (secondary N) is 1. The molecule has 4 aromatic rings. The van der Waals surface area contributed by atoms with Crippen LogP contribution in [0, 0.1) is 0 Å². The van der Waals surface area contributed by atoms with Gasteiger partial charge in [-0.1, -0.05) is 72.2 Å². The summed E-state index contributed by atoms with van der Waals surface area (Å²) in [6, 6.07) is 21.4. The average Bonchev–Trinajstić information content (AvgIpc) is 3.29. The Morgan fingerprint density at radius 1 is 0.935 bits per heavy atom. The summed E-state index contributed by atoms with van der Waals surface area (Å²) in [7, 11) is 0. The van der Waals surface area contributed by atoms with Gasteiger partial charge in [0.25, 0.3) is 5.91 Å². The number of anilines is 1. The van der Waals surface area contributed by atoms with Crippen molar-refractivity contribution in [3.05, 3.63) is 94.1 Å². The van der Waals surface area contributed by atoms with E-state index in [0.29, 0.717) is 22.8 Å². The van der Waals surface area contributed by atoms with Crippen LogP contribution in [0.2, 0.25) is 0 Å². The highest BCUT2D eigenvalue weighted by Gasteiger charge is 2.19. The van der Waals surface area contributed by atoms with E-state index in [9.17, 15) is 4.79 Å². The number of oxazole rings is 1. The maximum absolute atomic E-state index is 13.3. The molecule has 1 amide bonds. The lowest BCUT2D eigenvalue weighted by atomic mass is 10.0. The zero-order valence-corrected chi connectivity index (χ0v) is 19.1. The molecule has 0 saturated heterocycles. The minimum absolute atomic E-state index is 0.172. The third-order valence-electron chi connectivity index (χ3n) is 5.27. The van der Waals surface area contributed by atoms with E-state index in [4.69, 9.17) is 4.42 Å². The van der Waals surface area contributed by atoms with Gasteiger partial charge in [0.2, 0.25) is 5.89 Å². The second-order valence-electron chi connectivity index (χ2n) is 7.19. The largest absolute Gasteiger partial charge is 0.436 e. The second kappa shape index (κ2) is 9.31. The number of hydrogen-bond acceptors (Lipinski definition) is 3. The van der Waals surface area contributed by atoms with Crippen LogP contribution in [0.4, 0.5) is 5.69 Å². The zero-order valence-electron chi connectivity index (χ0n) is 17.5. The van der Waals surface area contributed by atoms with Crippen LogP contribution in [0.5, 0.6) is 0 Å².